The van der Waals surface area contributed by atoms with E-state index in [2.05, 4.69) is 74.0 Å². The van der Waals surface area contributed by atoms with Gasteiger partial charge in [0.05, 0.1) is 33.7 Å². The third kappa shape index (κ3) is 17.9. The molecule has 0 unspecified atom stereocenters. The molecular formula is C48H77N17OS. The monoisotopic (exact) mass is 940 g/mol. The van der Waals surface area contributed by atoms with Crippen LogP contribution in [0.2, 0.25) is 0 Å². The van der Waals surface area contributed by atoms with Crippen LogP contribution >= 0.6 is 11.8 Å². The Balaban J connectivity index is 0.000000222. The fourth-order valence-electron chi connectivity index (χ4n) is 7.39. The lowest BCUT2D eigenvalue weighted by Crippen LogP contribution is -2.44. The number of carbonyl (C=O) groups is 1. The Bertz CT molecular complexity index is 2320. The lowest BCUT2D eigenvalue weighted by atomic mass is 10.0. The molecule has 2 saturated heterocycles. The number of anilines is 1. The Morgan fingerprint density at radius 3 is 1.90 bits per heavy atom. The van der Waals surface area contributed by atoms with Crippen molar-refractivity contribution in [3.05, 3.63) is 90.3 Å². The second kappa shape index (κ2) is 27.9. The molecule has 2 fully saturated rings. The normalized spacial score (nSPS) is 14.9. The number of nitrogens with two attached hydrogens (primary N) is 3. The maximum Gasteiger partial charge on any atom is 0.223 e. The Kier molecular flexibility index (Phi) is 22.5. The molecule has 0 radical (unpaired) electrons. The summed E-state index contributed by atoms with van der Waals surface area (Å²) in [5, 5.41) is 19.3. The van der Waals surface area contributed by atoms with Crippen LogP contribution < -0.4 is 22.5 Å². The number of rotatable bonds is 15. The van der Waals surface area contributed by atoms with Crippen LogP contribution in [0.5, 0.6) is 0 Å². The second-order valence-corrected chi connectivity index (χ2v) is 18.4. The molecule has 0 atom stereocenters. The molecular weight excluding hydrogens is 863 g/mol. The number of hydrogen-bond donors (Lipinski definition) is 5. The van der Waals surface area contributed by atoms with Gasteiger partial charge >= 0.3 is 0 Å². The van der Waals surface area contributed by atoms with Gasteiger partial charge in [0.25, 0.3) is 0 Å². The highest BCUT2D eigenvalue weighted by molar-refractivity contribution is 8.13. The first-order valence-electron chi connectivity index (χ1n) is 23.2. The first-order chi connectivity index (χ1) is 32.1. The molecule has 67 heavy (non-hydrogen) atoms. The molecule has 2 aliphatic rings. The molecule has 5 aromatic heterocycles. The number of nitrogens with zero attached hydrogens (tertiary/aromatic N) is 12. The van der Waals surface area contributed by atoms with Gasteiger partial charge in [-0.05, 0) is 81.9 Å². The van der Waals surface area contributed by atoms with Crippen molar-refractivity contribution in [1.29, 1.82) is 5.41 Å². The van der Waals surface area contributed by atoms with Gasteiger partial charge in [-0.15, -0.1) is 0 Å². The lowest BCUT2D eigenvalue weighted by Gasteiger charge is -2.32. The summed E-state index contributed by atoms with van der Waals surface area (Å²) in [5.41, 5.74) is 21.9. The molecule has 0 saturated carbocycles. The smallest absolute Gasteiger partial charge is 0.223 e. The number of carbonyl (C=O) groups excluding carboxylic acids is 1. The topological polar surface area (TPSA) is 220 Å². The third-order valence-electron chi connectivity index (χ3n) is 11.2. The minimum atomic E-state index is -0.00130. The highest BCUT2D eigenvalue weighted by Crippen LogP contribution is 2.32. The number of hydrogen-bond acceptors (Lipinski definition) is 14. The van der Waals surface area contributed by atoms with Crippen molar-refractivity contribution in [2.75, 3.05) is 118 Å². The summed E-state index contributed by atoms with van der Waals surface area (Å²) >= 11 is 1.24. The number of allylic oxidation sites excluding steroid dienone is 1. The van der Waals surface area contributed by atoms with E-state index in [4.69, 9.17) is 32.7 Å². The van der Waals surface area contributed by atoms with Crippen molar-refractivity contribution in [2.24, 2.45) is 22.2 Å². The van der Waals surface area contributed by atoms with Crippen molar-refractivity contribution in [3.63, 3.8) is 0 Å². The average Bonchev–Trinajstić information content (AvgIpc) is 3.91. The fourth-order valence-corrected chi connectivity index (χ4v) is 7.39. The Hall–Kier alpha value is -5.60. The van der Waals surface area contributed by atoms with E-state index in [1.165, 1.54) is 37.9 Å². The van der Waals surface area contributed by atoms with Crippen LogP contribution in [0.1, 0.15) is 74.1 Å². The van der Waals surface area contributed by atoms with Gasteiger partial charge in [0.2, 0.25) is 5.95 Å². The van der Waals surface area contributed by atoms with Crippen LogP contribution in [0.25, 0.3) is 22.3 Å². The first kappa shape index (κ1) is 54.0. The van der Waals surface area contributed by atoms with Gasteiger partial charge in [-0.2, -0.15) is 10.2 Å². The number of fused-ring (bicyclic) bond motifs is 2. The minimum absolute atomic E-state index is 0.00130. The van der Waals surface area contributed by atoms with Crippen molar-refractivity contribution in [1.82, 2.24) is 53.7 Å². The van der Waals surface area contributed by atoms with Gasteiger partial charge < -0.3 is 47.0 Å². The third-order valence-corrected chi connectivity index (χ3v) is 11.6. The highest BCUT2D eigenvalue weighted by Gasteiger charge is 2.21. The maximum atomic E-state index is 12.4. The van der Waals surface area contributed by atoms with Crippen molar-refractivity contribution in [2.45, 2.75) is 52.4 Å². The van der Waals surface area contributed by atoms with E-state index >= 15 is 0 Å². The number of likely N-dealkylation sites (N-methyl/N-ethyl adjacent to an activating group) is 2. The van der Waals surface area contributed by atoms with Crippen LogP contribution in [-0.2, 0) is 0 Å². The maximum absolute atomic E-state index is 12.4. The minimum Gasteiger partial charge on any atom is -0.383 e. The van der Waals surface area contributed by atoms with Crippen molar-refractivity contribution < 1.29 is 4.79 Å². The van der Waals surface area contributed by atoms with Crippen LogP contribution in [0, 0.1) is 5.41 Å². The van der Waals surface area contributed by atoms with Gasteiger partial charge in [0.1, 0.15) is 0 Å². The van der Waals surface area contributed by atoms with Crippen LogP contribution in [0.15, 0.2) is 78.3 Å². The molecule has 7 heterocycles. The number of guanidine groups is 1. The van der Waals surface area contributed by atoms with E-state index in [1.54, 1.807) is 23.0 Å². The zero-order chi connectivity index (χ0) is 48.9. The predicted octanol–water partition coefficient (Wildman–Crippen LogP) is 4.82. The number of thioether (sulfide) groups is 1. The van der Waals surface area contributed by atoms with E-state index < -0.39 is 0 Å². The zero-order valence-corrected chi connectivity index (χ0v) is 42.2. The van der Waals surface area contributed by atoms with E-state index in [1.807, 2.05) is 92.3 Å². The van der Waals surface area contributed by atoms with Crippen molar-refractivity contribution in [3.8, 4) is 11.3 Å². The van der Waals surface area contributed by atoms with Crippen LogP contribution in [-0.4, -0.2) is 184 Å². The molecule has 0 bridgehead atoms. The summed E-state index contributed by atoms with van der Waals surface area (Å²) in [6, 6.07) is 13.9. The lowest BCUT2D eigenvalue weighted by molar-refractivity contribution is 0.104. The SMILES string of the molecule is CC(C)c1nn2ccccc2c1-c1ccnc(NCCCN2CCN(C)CC2)n1.CC(C)c1nn2ccccc2c1C(=O)C=CN(C)C.CN1CCN(CCCN=C(N)N)CC1.CSC(=N)N. The van der Waals surface area contributed by atoms with E-state index in [0.717, 1.165) is 98.9 Å². The molecule has 0 aromatic carbocycles. The molecule has 19 heteroatoms. The molecule has 366 valence electrons. The largest absolute Gasteiger partial charge is 0.383 e. The standard InChI is InChI=1S/C22H31N7.C15H19N3O.C9H21N5.C2H6N2S/c1-17(2)21-20(19-7-4-5-12-29(19)26-21)18-8-10-24-22(25-18)23-9-6-11-28-15-13-27(3)14-16-28;1-11(2)15-14(13(19)8-10-17(3)4)12-7-5-6-9-18(12)16-15;1-13-5-7-14(8-6-13)4-2-3-12-9(10)11;1-5-2(3)4/h4-5,7-8,10,12,17H,6,9,11,13-16H2,1-3H3,(H,23,24,25);5-11H,1-4H3;2-8H2,1H3,(H4,10,11,12);1H3,(H3,3,4). The Morgan fingerprint density at radius 2 is 1.36 bits per heavy atom. The van der Waals surface area contributed by atoms with Gasteiger partial charge in [-0.25, -0.2) is 19.0 Å². The summed E-state index contributed by atoms with van der Waals surface area (Å²) in [7, 11) is 8.14. The predicted molar refractivity (Wildman–Crippen MR) is 278 cm³/mol. The first-order valence-corrected chi connectivity index (χ1v) is 24.5. The molecule has 0 aliphatic carbocycles. The summed E-state index contributed by atoms with van der Waals surface area (Å²) in [6.45, 7) is 21.6. The zero-order valence-electron chi connectivity index (χ0n) is 41.4. The summed E-state index contributed by atoms with van der Waals surface area (Å²) in [4.78, 5) is 37.2. The van der Waals surface area contributed by atoms with Gasteiger partial charge in [-0.3, -0.25) is 15.2 Å². The Labute approximate surface area is 402 Å². The molecule has 0 amide bonds. The number of amidine groups is 1. The molecule has 5 aromatic rings. The van der Waals surface area contributed by atoms with Crippen LogP contribution in [0.3, 0.4) is 0 Å². The van der Waals surface area contributed by atoms with E-state index in [-0.39, 0.29) is 22.8 Å². The fraction of sp³-hybridized carbons (Fsp3) is 0.521. The number of pyridine rings is 2. The quantitative estimate of drug-likeness (QED) is 0.0313. The van der Waals surface area contributed by atoms with Gasteiger partial charge in [-0.1, -0.05) is 51.6 Å². The molecule has 0 spiro atoms. The molecule has 18 nitrogen and oxygen atoms in total. The molecule has 7 rings (SSSR count). The number of ketones is 1. The highest BCUT2D eigenvalue weighted by atomic mass is 32.2. The van der Waals surface area contributed by atoms with Gasteiger partial charge in [0.15, 0.2) is 16.9 Å². The molecule has 8 N–H and O–H groups in total. The summed E-state index contributed by atoms with van der Waals surface area (Å²) in [6.07, 6.45) is 12.9. The number of aliphatic imine (C=N–C) groups is 1. The number of piperazine rings is 2. The van der Waals surface area contributed by atoms with Gasteiger partial charge in [0, 0.05) is 123 Å². The average molecular weight is 940 g/mol. The number of aromatic nitrogens is 6. The van der Waals surface area contributed by atoms with E-state index in [9.17, 15) is 4.79 Å². The van der Waals surface area contributed by atoms with Crippen LogP contribution in [0.4, 0.5) is 5.95 Å². The summed E-state index contributed by atoms with van der Waals surface area (Å²) < 4.78 is 3.71. The second-order valence-electron chi connectivity index (χ2n) is 17.6. The summed E-state index contributed by atoms with van der Waals surface area (Å²) in [5.74, 6) is 1.42. The van der Waals surface area contributed by atoms with Crippen molar-refractivity contribution >= 4 is 45.7 Å². The van der Waals surface area contributed by atoms with E-state index in [0.29, 0.717) is 17.4 Å². The molecule has 2 aliphatic heterocycles. The Morgan fingerprint density at radius 1 is 0.821 bits per heavy atom. The number of nitrogens with one attached hydrogen (secondary N) is 2.